The van der Waals surface area contributed by atoms with E-state index >= 15 is 0 Å². The van der Waals surface area contributed by atoms with Crippen LogP contribution in [-0.2, 0) is 4.79 Å². The molecule has 30 heavy (non-hydrogen) atoms. The number of nitrogens with zero attached hydrogens (tertiary/aromatic N) is 3. The predicted molar refractivity (Wildman–Crippen MR) is 117 cm³/mol. The Kier molecular flexibility index (Phi) is 5.84. The minimum Gasteiger partial charge on any atom is -0.351 e. The van der Waals surface area contributed by atoms with Gasteiger partial charge in [0.05, 0.1) is 22.2 Å². The minimum atomic E-state index is -0.597. The van der Waals surface area contributed by atoms with E-state index in [0.29, 0.717) is 33.2 Å². The first kappa shape index (κ1) is 21.4. The van der Waals surface area contributed by atoms with Crippen LogP contribution in [0.15, 0.2) is 53.7 Å². The standard InChI is InChI=1S/C21H21FN4O3S/c1-12-5-8-16(11-17(12)22)25-13(2)18(20(27)24(3)4)19(23-21(25)30)14-6-9-15(10-7-14)26(28)29/h5-11,19H,1-4H3,(H,23,30). The minimum absolute atomic E-state index is 0.0462. The molecule has 0 spiro atoms. The normalized spacial score (nSPS) is 16.4. The van der Waals surface area contributed by atoms with Crippen molar-refractivity contribution < 1.29 is 14.1 Å². The monoisotopic (exact) mass is 428 g/mol. The van der Waals surface area contributed by atoms with Gasteiger partial charge >= 0.3 is 0 Å². The highest BCUT2D eigenvalue weighted by Gasteiger charge is 2.35. The number of hydrogen-bond acceptors (Lipinski definition) is 4. The number of amides is 1. The Morgan fingerprint density at radius 3 is 2.37 bits per heavy atom. The number of hydrogen-bond donors (Lipinski definition) is 1. The van der Waals surface area contributed by atoms with Gasteiger partial charge in [-0.2, -0.15) is 0 Å². The summed E-state index contributed by atoms with van der Waals surface area (Å²) < 4.78 is 14.2. The van der Waals surface area contributed by atoms with E-state index in [2.05, 4.69) is 5.32 Å². The van der Waals surface area contributed by atoms with Gasteiger partial charge in [-0.05, 0) is 61.5 Å². The number of thiocarbonyl (C=S) groups is 1. The number of nitrogens with one attached hydrogen (secondary N) is 1. The Labute approximate surface area is 178 Å². The molecule has 1 N–H and O–H groups in total. The molecule has 7 nitrogen and oxygen atoms in total. The number of non-ortho nitro benzene ring substituents is 1. The van der Waals surface area contributed by atoms with Crippen molar-refractivity contribution >= 4 is 34.6 Å². The summed E-state index contributed by atoms with van der Waals surface area (Å²) in [5, 5.41) is 14.4. The second-order valence-corrected chi connectivity index (χ2v) is 7.59. The summed E-state index contributed by atoms with van der Waals surface area (Å²) in [6, 6.07) is 10.1. The molecule has 0 aliphatic carbocycles. The number of allylic oxidation sites excluding steroid dienone is 1. The number of nitro groups is 1. The number of likely N-dealkylation sites (N-methyl/N-ethyl adjacent to an activating group) is 1. The van der Waals surface area contributed by atoms with Crippen LogP contribution in [0.2, 0.25) is 0 Å². The van der Waals surface area contributed by atoms with Crippen LogP contribution in [0.5, 0.6) is 0 Å². The number of carbonyl (C=O) groups excluding carboxylic acids is 1. The summed E-state index contributed by atoms with van der Waals surface area (Å²) in [7, 11) is 3.27. The summed E-state index contributed by atoms with van der Waals surface area (Å²) in [5.41, 5.74) is 2.59. The molecule has 1 aliphatic rings. The molecular weight excluding hydrogens is 407 g/mol. The molecule has 1 heterocycles. The van der Waals surface area contributed by atoms with Crippen LogP contribution in [0, 0.1) is 22.9 Å². The zero-order valence-electron chi connectivity index (χ0n) is 17.0. The lowest BCUT2D eigenvalue weighted by molar-refractivity contribution is -0.384. The summed E-state index contributed by atoms with van der Waals surface area (Å²) in [6.45, 7) is 3.42. The maximum Gasteiger partial charge on any atom is 0.269 e. The van der Waals surface area contributed by atoms with Crippen molar-refractivity contribution in [1.29, 1.82) is 0 Å². The van der Waals surface area contributed by atoms with Crippen molar-refractivity contribution in [2.75, 3.05) is 19.0 Å². The predicted octanol–water partition coefficient (Wildman–Crippen LogP) is 3.84. The Morgan fingerprint density at radius 2 is 1.83 bits per heavy atom. The molecule has 0 fully saturated rings. The lowest BCUT2D eigenvalue weighted by atomic mass is 9.93. The maximum absolute atomic E-state index is 14.2. The van der Waals surface area contributed by atoms with E-state index in [0.717, 1.165) is 0 Å². The molecule has 1 aliphatic heterocycles. The van der Waals surface area contributed by atoms with Gasteiger partial charge in [0.15, 0.2) is 5.11 Å². The molecule has 1 unspecified atom stereocenters. The molecule has 9 heteroatoms. The van der Waals surface area contributed by atoms with Crippen LogP contribution in [0.25, 0.3) is 0 Å². The number of benzene rings is 2. The largest absolute Gasteiger partial charge is 0.351 e. The van der Waals surface area contributed by atoms with Gasteiger partial charge < -0.3 is 10.2 Å². The molecular formula is C21H21FN4O3S. The summed E-state index contributed by atoms with van der Waals surface area (Å²) >= 11 is 5.54. The van der Waals surface area contributed by atoms with Crippen LogP contribution in [-0.4, -0.2) is 34.9 Å². The lowest BCUT2D eigenvalue weighted by Crippen LogP contribution is -2.49. The summed E-state index contributed by atoms with van der Waals surface area (Å²) in [6.07, 6.45) is 0. The third kappa shape index (κ3) is 3.88. The molecule has 0 aromatic heterocycles. The van der Waals surface area contributed by atoms with Gasteiger partial charge in [0.2, 0.25) is 0 Å². The maximum atomic E-state index is 14.2. The molecule has 1 atom stereocenters. The van der Waals surface area contributed by atoms with Crippen LogP contribution in [0.3, 0.4) is 0 Å². The van der Waals surface area contributed by atoms with E-state index in [4.69, 9.17) is 12.2 Å². The third-order valence-corrected chi connectivity index (χ3v) is 5.27. The Hall–Kier alpha value is -3.33. The van der Waals surface area contributed by atoms with Gasteiger partial charge in [0.1, 0.15) is 5.82 Å². The van der Waals surface area contributed by atoms with Crippen LogP contribution < -0.4 is 10.2 Å². The van der Waals surface area contributed by atoms with Crippen LogP contribution in [0.4, 0.5) is 15.8 Å². The zero-order valence-corrected chi connectivity index (χ0v) is 17.8. The van der Waals surface area contributed by atoms with Crippen molar-refractivity contribution in [3.8, 4) is 0 Å². The number of aryl methyl sites for hydroxylation is 1. The average molecular weight is 428 g/mol. The molecule has 3 rings (SSSR count). The zero-order chi connectivity index (χ0) is 22.2. The summed E-state index contributed by atoms with van der Waals surface area (Å²) in [4.78, 5) is 26.6. The van der Waals surface area contributed by atoms with Crippen molar-refractivity contribution in [3.63, 3.8) is 0 Å². The first-order chi connectivity index (χ1) is 14.1. The smallest absolute Gasteiger partial charge is 0.269 e. The van der Waals surface area contributed by atoms with E-state index in [1.807, 2.05) is 0 Å². The molecule has 0 bridgehead atoms. The Morgan fingerprint density at radius 1 is 1.20 bits per heavy atom. The van der Waals surface area contributed by atoms with Crippen molar-refractivity contribution in [3.05, 3.63) is 80.8 Å². The van der Waals surface area contributed by atoms with E-state index in [1.54, 1.807) is 57.1 Å². The van der Waals surface area contributed by atoms with Gasteiger partial charge in [0, 0.05) is 31.9 Å². The van der Waals surface area contributed by atoms with E-state index < -0.39 is 11.0 Å². The highest BCUT2D eigenvalue weighted by Crippen LogP contribution is 2.35. The van der Waals surface area contributed by atoms with E-state index in [9.17, 15) is 19.3 Å². The number of halogens is 1. The molecule has 0 saturated heterocycles. The third-order valence-electron chi connectivity index (χ3n) is 4.97. The first-order valence-corrected chi connectivity index (χ1v) is 9.56. The second-order valence-electron chi connectivity index (χ2n) is 7.20. The van der Waals surface area contributed by atoms with Crippen molar-refractivity contribution in [2.24, 2.45) is 0 Å². The molecule has 0 saturated carbocycles. The molecule has 2 aromatic carbocycles. The quantitative estimate of drug-likeness (QED) is 0.453. The van der Waals surface area contributed by atoms with Gasteiger partial charge in [-0.1, -0.05) is 6.07 Å². The SMILES string of the molecule is CC1=C(C(=O)N(C)C)C(c2ccc([N+](=O)[O-])cc2)NC(=S)N1c1ccc(C)c(F)c1. The second kappa shape index (κ2) is 8.19. The Bertz CT molecular complexity index is 1070. The average Bonchev–Trinajstić information content (AvgIpc) is 2.69. The molecule has 1 amide bonds. The van der Waals surface area contributed by atoms with E-state index in [1.165, 1.54) is 23.1 Å². The fourth-order valence-electron chi connectivity index (χ4n) is 3.33. The van der Waals surface area contributed by atoms with Gasteiger partial charge in [0.25, 0.3) is 11.6 Å². The first-order valence-electron chi connectivity index (χ1n) is 9.15. The van der Waals surface area contributed by atoms with Gasteiger partial charge in [-0.25, -0.2) is 4.39 Å². The van der Waals surface area contributed by atoms with Crippen molar-refractivity contribution in [1.82, 2.24) is 10.2 Å². The van der Waals surface area contributed by atoms with E-state index in [-0.39, 0.29) is 17.4 Å². The fraction of sp³-hybridized carbons (Fsp3) is 0.238. The number of carbonyl (C=O) groups is 1. The highest BCUT2D eigenvalue weighted by molar-refractivity contribution is 7.80. The summed E-state index contributed by atoms with van der Waals surface area (Å²) in [5.74, 6) is -0.621. The van der Waals surface area contributed by atoms with Crippen LogP contribution in [0.1, 0.15) is 24.1 Å². The number of anilines is 1. The molecule has 2 aromatic rings. The van der Waals surface area contributed by atoms with Crippen LogP contribution >= 0.6 is 12.2 Å². The topological polar surface area (TPSA) is 78.7 Å². The van der Waals surface area contributed by atoms with Crippen molar-refractivity contribution in [2.45, 2.75) is 19.9 Å². The Balaban J connectivity index is 2.14. The molecule has 156 valence electrons. The number of rotatable bonds is 4. The molecule has 0 radical (unpaired) electrons. The number of nitro benzene ring substituents is 1. The van der Waals surface area contributed by atoms with Gasteiger partial charge in [-0.15, -0.1) is 0 Å². The lowest BCUT2D eigenvalue weighted by Gasteiger charge is -2.38. The van der Waals surface area contributed by atoms with Gasteiger partial charge in [-0.3, -0.25) is 19.8 Å². The fourth-order valence-corrected chi connectivity index (χ4v) is 3.69. The highest BCUT2D eigenvalue weighted by atomic mass is 32.1.